The minimum atomic E-state index is -0.850. The Morgan fingerprint density at radius 2 is 1.95 bits per heavy atom. The molecule has 4 heteroatoms. The summed E-state index contributed by atoms with van der Waals surface area (Å²) in [6.07, 6.45) is -0.00461. The number of carboxylic acids is 1. The van der Waals surface area contributed by atoms with Gasteiger partial charge >= 0.3 is 5.97 Å². The van der Waals surface area contributed by atoms with Crippen molar-refractivity contribution >= 4 is 16.9 Å². The van der Waals surface area contributed by atoms with Crippen LogP contribution in [-0.2, 0) is 11.2 Å². The van der Waals surface area contributed by atoms with Crippen LogP contribution in [0.25, 0.3) is 22.2 Å². The number of nitrogens with zero attached hydrogens (tertiary/aromatic N) is 1. The van der Waals surface area contributed by atoms with E-state index in [-0.39, 0.29) is 6.42 Å². The van der Waals surface area contributed by atoms with Gasteiger partial charge in [0.25, 0.3) is 0 Å². The predicted octanol–water partition coefficient (Wildman–Crippen LogP) is 3.12. The summed E-state index contributed by atoms with van der Waals surface area (Å²) in [6, 6.07) is 15.0. The van der Waals surface area contributed by atoms with Gasteiger partial charge < -0.3 is 9.63 Å². The lowest BCUT2D eigenvalue weighted by atomic mass is 10.0. The number of carboxylic acid groups (broad SMARTS) is 1. The lowest BCUT2D eigenvalue weighted by Crippen LogP contribution is -1.99. The van der Waals surface area contributed by atoms with Crippen molar-refractivity contribution < 1.29 is 14.4 Å². The Morgan fingerprint density at radius 3 is 2.68 bits per heavy atom. The molecule has 1 aromatic heterocycles. The van der Waals surface area contributed by atoms with Gasteiger partial charge in [0.2, 0.25) is 0 Å². The second-order valence-corrected chi connectivity index (χ2v) is 4.30. The first-order valence-corrected chi connectivity index (χ1v) is 5.89. The van der Waals surface area contributed by atoms with Crippen LogP contribution >= 0.6 is 0 Å². The molecule has 0 saturated heterocycles. The molecule has 3 rings (SSSR count). The highest BCUT2D eigenvalue weighted by molar-refractivity contribution is 5.92. The SMILES string of the molecule is O=C(O)Cc1ccc2noc(-c3ccccc3)c2c1. The van der Waals surface area contributed by atoms with Gasteiger partial charge in [0.1, 0.15) is 5.52 Å². The molecule has 0 aliphatic carbocycles. The molecule has 0 radical (unpaired) electrons. The van der Waals surface area contributed by atoms with E-state index in [0.29, 0.717) is 5.76 Å². The number of hydrogen-bond donors (Lipinski definition) is 1. The van der Waals surface area contributed by atoms with E-state index in [1.807, 2.05) is 36.4 Å². The topological polar surface area (TPSA) is 63.3 Å². The van der Waals surface area contributed by atoms with Gasteiger partial charge in [-0.15, -0.1) is 0 Å². The summed E-state index contributed by atoms with van der Waals surface area (Å²) in [5.41, 5.74) is 2.39. The van der Waals surface area contributed by atoms with Crippen molar-refractivity contribution in [2.75, 3.05) is 0 Å². The van der Waals surface area contributed by atoms with Crippen molar-refractivity contribution in [3.05, 3.63) is 54.1 Å². The Bertz CT molecular complexity index is 731. The molecule has 2 aromatic carbocycles. The Hall–Kier alpha value is -2.62. The first kappa shape index (κ1) is 11.5. The number of benzene rings is 2. The third-order valence-electron chi connectivity index (χ3n) is 2.93. The first-order chi connectivity index (χ1) is 9.24. The molecule has 1 N–H and O–H groups in total. The summed E-state index contributed by atoms with van der Waals surface area (Å²) in [5.74, 6) is -0.181. The molecule has 3 aromatic rings. The van der Waals surface area contributed by atoms with E-state index in [9.17, 15) is 4.79 Å². The molecule has 0 aliphatic rings. The van der Waals surface area contributed by atoms with Gasteiger partial charge in [-0.3, -0.25) is 4.79 Å². The van der Waals surface area contributed by atoms with Crippen LogP contribution in [0.1, 0.15) is 5.56 Å². The molecule has 19 heavy (non-hydrogen) atoms. The molecule has 0 unspecified atom stereocenters. The average Bonchev–Trinajstić information content (AvgIpc) is 2.82. The molecule has 0 amide bonds. The van der Waals surface area contributed by atoms with E-state index in [2.05, 4.69) is 5.16 Å². The fraction of sp³-hybridized carbons (Fsp3) is 0.0667. The lowest BCUT2D eigenvalue weighted by molar-refractivity contribution is -0.136. The van der Waals surface area contributed by atoms with Crippen molar-refractivity contribution in [2.45, 2.75) is 6.42 Å². The Labute approximate surface area is 109 Å². The summed E-state index contributed by atoms with van der Waals surface area (Å²) in [7, 11) is 0. The van der Waals surface area contributed by atoms with Crippen molar-refractivity contribution in [3.8, 4) is 11.3 Å². The second-order valence-electron chi connectivity index (χ2n) is 4.30. The van der Waals surface area contributed by atoms with E-state index < -0.39 is 5.97 Å². The Morgan fingerprint density at radius 1 is 1.16 bits per heavy atom. The summed E-state index contributed by atoms with van der Waals surface area (Å²) in [4.78, 5) is 10.8. The molecule has 94 valence electrons. The van der Waals surface area contributed by atoms with Crippen molar-refractivity contribution in [1.82, 2.24) is 5.16 Å². The minimum Gasteiger partial charge on any atom is -0.481 e. The smallest absolute Gasteiger partial charge is 0.307 e. The highest BCUT2D eigenvalue weighted by atomic mass is 16.5. The fourth-order valence-corrected chi connectivity index (χ4v) is 2.07. The van der Waals surface area contributed by atoms with E-state index in [4.69, 9.17) is 9.63 Å². The van der Waals surface area contributed by atoms with Crippen LogP contribution < -0.4 is 0 Å². The number of hydrogen-bond acceptors (Lipinski definition) is 3. The first-order valence-electron chi connectivity index (χ1n) is 5.89. The summed E-state index contributed by atoms with van der Waals surface area (Å²) in [6.45, 7) is 0. The summed E-state index contributed by atoms with van der Waals surface area (Å²) < 4.78 is 5.36. The third-order valence-corrected chi connectivity index (χ3v) is 2.93. The van der Waals surface area contributed by atoms with E-state index in [0.717, 1.165) is 22.0 Å². The van der Waals surface area contributed by atoms with Crippen LogP contribution in [0.2, 0.25) is 0 Å². The van der Waals surface area contributed by atoms with Gasteiger partial charge in [0, 0.05) is 10.9 Å². The number of aliphatic carboxylic acids is 1. The molecule has 0 bridgehead atoms. The largest absolute Gasteiger partial charge is 0.481 e. The number of aromatic nitrogens is 1. The van der Waals surface area contributed by atoms with Gasteiger partial charge in [-0.1, -0.05) is 41.6 Å². The fourth-order valence-electron chi connectivity index (χ4n) is 2.07. The number of fused-ring (bicyclic) bond motifs is 1. The van der Waals surface area contributed by atoms with Crippen molar-refractivity contribution in [3.63, 3.8) is 0 Å². The monoisotopic (exact) mass is 253 g/mol. The predicted molar refractivity (Wildman–Crippen MR) is 70.8 cm³/mol. The van der Waals surface area contributed by atoms with Crippen LogP contribution in [0.4, 0.5) is 0 Å². The average molecular weight is 253 g/mol. The van der Waals surface area contributed by atoms with Crippen LogP contribution in [0.5, 0.6) is 0 Å². The quantitative estimate of drug-likeness (QED) is 0.778. The zero-order valence-corrected chi connectivity index (χ0v) is 10.0. The van der Waals surface area contributed by atoms with Gasteiger partial charge in [-0.2, -0.15) is 0 Å². The normalized spacial score (nSPS) is 10.7. The Balaban J connectivity index is 2.13. The molecule has 0 saturated carbocycles. The van der Waals surface area contributed by atoms with Crippen LogP contribution in [0, 0.1) is 0 Å². The van der Waals surface area contributed by atoms with Gasteiger partial charge in [-0.05, 0) is 17.7 Å². The Kier molecular flexibility index (Phi) is 2.76. The maximum absolute atomic E-state index is 10.8. The van der Waals surface area contributed by atoms with Crippen LogP contribution in [-0.4, -0.2) is 16.2 Å². The van der Waals surface area contributed by atoms with Crippen molar-refractivity contribution in [2.24, 2.45) is 0 Å². The molecule has 0 spiro atoms. The zero-order chi connectivity index (χ0) is 13.2. The highest BCUT2D eigenvalue weighted by Crippen LogP contribution is 2.29. The van der Waals surface area contributed by atoms with Crippen LogP contribution in [0.3, 0.4) is 0 Å². The van der Waals surface area contributed by atoms with Crippen molar-refractivity contribution in [1.29, 1.82) is 0 Å². The number of carbonyl (C=O) groups is 1. The number of rotatable bonds is 3. The van der Waals surface area contributed by atoms with E-state index in [1.54, 1.807) is 12.1 Å². The molecule has 0 aliphatic heterocycles. The van der Waals surface area contributed by atoms with Gasteiger partial charge in [0.05, 0.1) is 6.42 Å². The van der Waals surface area contributed by atoms with Gasteiger partial charge in [-0.25, -0.2) is 0 Å². The van der Waals surface area contributed by atoms with E-state index in [1.165, 1.54) is 0 Å². The molecular weight excluding hydrogens is 242 g/mol. The zero-order valence-electron chi connectivity index (χ0n) is 10.0. The third kappa shape index (κ3) is 2.20. The summed E-state index contributed by atoms with van der Waals surface area (Å²) >= 11 is 0. The highest BCUT2D eigenvalue weighted by Gasteiger charge is 2.11. The molecule has 1 heterocycles. The lowest BCUT2D eigenvalue weighted by Gasteiger charge is -1.98. The second kappa shape index (κ2) is 4.57. The molecule has 0 atom stereocenters. The standard InChI is InChI=1S/C15H11NO3/c17-14(18)9-10-6-7-13-12(8-10)15(19-16-13)11-4-2-1-3-5-11/h1-8H,9H2,(H,17,18). The maximum Gasteiger partial charge on any atom is 0.307 e. The van der Waals surface area contributed by atoms with E-state index >= 15 is 0 Å². The molecular formula is C15H11NO3. The molecule has 4 nitrogen and oxygen atoms in total. The maximum atomic E-state index is 10.8. The minimum absolute atomic E-state index is 0.00461. The molecule has 0 fully saturated rings. The van der Waals surface area contributed by atoms with Crippen LogP contribution in [0.15, 0.2) is 53.1 Å². The van der Waals surface area contributed by atoms with Gasteiger partial charge in [0.15, 0.2) is 5.76 Å². The summed E-state index contributed by atoms with van der Waals surface area (Å²) in [5, 5.41) is 13.7.